The van der Waals surface area contributed by atoms with Crippen LogP contribution >= 0.6 is 23.1 Å². The van der Waals surface area contributed by atoms with E-state index < -0.39 is 0 Å². The van der Waals surface area contributed by atoms with Crippen LogP contribution in [0.15, 0.2) is 83.9 Å². The van der Waals surface area contributed by atoms with Gasteiger partial charge < -0.3 is 10.6 Å². The zero-order valence-corrected chi connectivity index (χ0v) is 18.0. The van der Waals surface area contributed by atoms with E-state index in [4.69, 9.17) is 0 Å². The van der Waals surface area contributed by atoms with Gasteiger partial charge in [-0.1, -0.05) is 77.7 Å². The second-order valence-corrected chi connectivity index (χ2v) is 9.37. The van der Waals surface area contributed by atoms with Crippen LogP contribution in [-0.2, 0) is 6.42 Å². The van der Waals surface area contributed by atoms with E-state index in [0.717, 1.165) is 41.0 Å². The van der Waals surface area contributed by atoms with Gasteiger partial charge in [-0.15, -0.1) is 0 Å². The van der Waals surface area contributed by atoms with Crippen LogP contribution in [0.4, 0.5) is 10.8 Å². The van der Waals surface area contributed by atoms with Crippen LogP contribution in [0, 0.1) is 0 Å². The van der Waals surface area contributed by atoms with E-state index in [1.165, 1.54) is 15.8 Å². The van der Waals surface area contributed by atoms with Crippen LogP contribution in [-0.4, -0.2) is 23.2 Å². The lowest BCUT2D eigenvalue weighted by Gasteiger charge is -2.10. The molecule has 0 saturated carbocycles. The number of hydrogen-bond donors (Lipinski definition) is 2. The molecule has 0 spiro atoms. The normalized spacial score (nSPS) is 15.9. The van der Waals surface area contributed by atoms with Crippen LogP contribution < -0.4 is 10.6 Å². The van der Waals surface area contributed by atoms with Gasteiger partial charge in [0.2, 0.25) is 0 Å². The maximum Gasteiger partial charge on any atom is 0.183 e. The second-order valence-electron chi connectivity index (χ2n) is 7.15. The van der Waals surface area contributed by atoms with Gasteiger partial charge in [-0.3, -0.25) is 4.99 Å². The fraction of sp³-hybridized carbons (Fsp3) is 0.167. The lowest BCUT2D eigenvalue weighted by Crippen LogP contribution is -2.06. The number of thiazole rings is 1. The van der Waals surface area contributed by atoms with Crippen molar-refractivity contribution in [2.45, 2.75) is 11.7 Å². The van der Waals surface area contributed by atoms with Crippen LogP contribution in [0.3, 0.4) is 0 Å². The van der Waals surface area contributed by atoms with Gasteiger partial charge in [-0.05, 0) is 41.8 Å². The van der Waals surface area contributed by atoms with Gasteiger partial charge in [0.25, 0.3) is 0 Å². The fourth-order valence-corrected chi connectivity index (χ4v) is 5.35. The minimum absolute atomic E-state index is 0.404. The Hall–Kier alpha value is -2.83. The van der Waals surface area contributed by atoms with E-state index in [0.29, 0.717) is 5.25 Å². The van der Waals surface area contributed by atoms with Crippen molar-refractivity contribution >= 4 is 49.3 Å². The van der Waals surface area contributed by atoms with Crippen molar-refractivity contribution in [3.63, 3.8) is 0 Å². The lowest BCUT2D eigenvalue weighted by molar-refractivity contribution is 0.966. The first-order valence-electron chi connectivity index (χ1n) is 10.0. The average Bonchev–Trinajstić information content (AvgIpc) is 3.42. The third-order valence-electron chi connectivity index (χ3n) is 5.01. The third kappa shape index (κ3) is 4.50. The monoisotopic (exact) mass is 430 g/mol. The van der Waals surface area contributed by atoms with Crippen molar-refractivity contribution in [2.24, 2.45) is 4.99 Å². The zero-order valence-electron chi connectivity index (χ0n) is 16.4. The Morgan fingerprint density at radius 1 is 0.900 bits per heavy atom. The first-order valence-corrected chi connectivity index (χ1v) is 11.7. The zero-order chi connectivity index (χ0) is 20.2. The Morgan fingerprint density at radius 2 is 1.70 bits per heavy atom. The van der Waals surface area contributed by atoms with E-state index in [1.54, 1.807) is 23.1 Å². The molecule has 0 aliphatic carbocycles. The highest BCUT2D eigenvalue weighted by atomic mass is 32.2. The molecule has 4 nitrogen and oxygen atoms in total. The maximum atomic E-state index is 4.67. The quantitative estimate of drug-likeness (QED) is 0.382. The van der Waals surface area contributed by atoms with Crippen LogP contribution in [0.1, 0.15) is 16.4 Å². The predicted octanol–water partition coefficient (Wildman–Crippen LogP) is 6.21. The summed E-state index contributed by atoms with van der Waals surface area (Å²) in [5, 5.41) is 9.28. The molecule has 1 atom stereocenters. The van der Waals surface area contributed by atoms with Gasteiger partial charge in [0.1, 0.15) is 0 Å². The summed E-state index contributed by atoms with van der Waals surface area (Å²) in [5.74, 6) is 0. The number of nitrogens with zero attached hydrogens (tertiary/aromatic N) is 2. The molecule has 2 N–H and O–H groups in total. The summed E-state index contributed by atoms with van der Waals surface area (Å²) in [6.45, 7) is 1.69. The van der Waals surface area contributed by atoms with Crippen LogP contribution in [0.2, 0.25) is 0 Å². The number of rotatable bonds is 6. The highest BCUT2D eigenvalue weighted by Gasteiger charge is 2.21. The largest absolute Gasteiger partial charge is 0.361 e. The van der Waals surface area contributed by atoms with Crippen molar-refractivity contribution < 1.29 is 0 Å². The number of amidine groups is 1. The first kappa shape index (κ1) is 19.2. The number of aliphatic imine (C=N–C) groups is 1. The van der Waals surface area contributed by atoms with E-state index in [-0.39, 0.29) is 0 Å². The Kier molecular flexibility index (Phi) is 5.68. The molecular formula is C24H22N4S2. The Bertz CT molecular complexity index is 1120. The third-order valence-corrected chi connectivity index (χ3v) is 7.17. The SMILES string of the molecule is c1ccc(C2CN=C(Nc3ccc(CCNc4nc5ccccc5s4)cc3)S2)cc1. The first-order chi connectivity index (χ1) is 14.8. The number of anilines is 2. The summed E-state index contributed by atoms with van der Waals surface area (Å²) < 4.78 is 1.22. The van der Waals surface area contributed by atoms with Crippen molar-refractivity contribution in [3.8, 4) is 0 Å². The number of aromatic nitrogens is 1. The molecule has 30 heavy (non-hydrogen) atoms. The Labute approximate surface area is 184 Å². The molecule has 1 aliphatic rings. The van der Waals surface area contributed by atoms with Crippen molar-refractivity contribution in [1.82, 2.24) is 4.98 Å². The number of fused-ring (bicyclic) bond motifs is 1. The molecule has 0 bridgehead atoms. The number of nitrogens with one attached hydrogen (secondary N) is 2. The van der Waals surface area contributed by atoms with Gasteiger partial charge in [0, 0.05) is 12.2 Å². The van der Waals surface area contributed by atoms with E-state index in [9.17, 15) is 0 Å². The summed E-state index contributed by atoms with van der Waals surface area (Å²) >= 11 is 3.50. The molecule has 3 aromatic carbocycles. The molecule has 2 heterocycles. The van der Waals surface area contributed by atoms with Crippen LogP contribution in [0.25, 0.3) is 10.2 Å². The topological polar surface area (TPSA) is 49.3 Å². The number of thioether (sulfide) groups is 1. The summed E-state index contributed by atoms with van der Waals surface area (Å²) in [5.41, 5.74) is 4.77. The average molecular weight is 431 g/mol. The van der Waals surface area contributed by atoms with E-state index in [2.05, 4.69) is 93.4 Å². The molecule has 150 valence electrons. The van der Waals surface area contributed by atoms with Gasteiger partial charge in [0.05, 0.1) is 22.0 Å². The minimum atomic E-state index is 0.404. The van der Waals surface area contributed by atoms with Crippen molar-refractivity contribution in [2.75, 3.05) is 23.7 Å². The molecule has 1 aromatic heterocycles. The molecule has 1 unspecified atom stereocenters. The number of benzene rings is 3. The summed E-state index contributed by atoms with van der Waals surface area (Å²) in [4.78, 5) is 9.29. The predicted molar refractivity (Wildman–Crippen MR) is 131 cm³/mol. The molecule has 4 aromatic rings. The number of para-hydroxylation sites is 1. The summed E-state index contributed by atoms with van der Waals surface area (Å²) in [7, 11) is 0. The molecule has 0 radical (unpaired) electrons. The van der Waals surface area contributed by atoms with Crippen LogP contribution in [0.5, 0.6) is 0 Å². The highest BCUT2D eigenvalue weighted by Crippen LogP contribution is 2.35. The molecule has 6 heteroatoms. The van der Waals surface area contributed by atoms with Crippen molar-refractivity contribution in [3.05, 3.63) is 90.0 Å². The van der Waals surface area contributed by atoms with Crippen molar-refractivity contribution in [1.29, 1.82) is 0 Å². The van der Waals surface area contributed by atoms with Gasteiger partial charge in [-0.2, -0.15) is 0 Å². The summed E-state index contributed by atoms with van der Waals surface area (Å²) in [6, 6.07) is 27.4. The smallest absolute Gasteiger partial charge is 0.183 e. The molecule has 1 aliphatic heterocycles. The van der Waals surface area contributed by atoms with Gasteiger partial charge >= 0.3 is 0 Å². The minimum Gasteiger partial charge on any atom is -0.361 e. The molecule has 5 rings (SSSR count). The second kappa shape index (κ2) is 8.90. The fourth-order valence-electron chi connectivity index (χ4n) is 3.43. The van der Waals surface area contributed by atoms with Gasteiger partial charge in [-0.25, -0.2) is 4.98 Å². The Balaban J connectivity index is 1.11. The molecule has 0 saturated heterocycles. The molecule has 0 amide bonds. The lowest BCUT2D eigenvalue weighted by atomic mass is 10.1. The molecule has 0 fully saturated rings. The maximum absolute atomic E-state index is 4.67. The Morgan fingerprint density at radius 3 is 2.53 bits per heavy atom. The van der Waals surface area contributed by atoms with Gasteiger partial charge in [0.15, 0.2) is 10.3 Å². The highest BCUT2D eigenvalue weighted by molar-refractivity contribution is 8.14. The molecular weight excluding hydrogens is 408 g/mol. The standard InChI is InChI=1S/C24H22N4S2/c1-2-6-18(7-3-1)22-16-26-24(30-22)27-19-12-10-17(11-13-19)14-15-25-23-28-20-8-4-5-9-21(20)29-23/h1-13,22H,14-16H2,(H,25,28)(H,26,27). The number of hydrogen-bond acceptors (Lipinski definition) is 6. The van der Waals surface area contributed by atoms with E-state index in [1.807, 2.05) is 6.07 Å². The summed E-state index contributed by atoms with van der Waals surface area (Å²) in [6.07, 6.45) is 0.960. The van der Waals surface area contributed by atoms with E-state index >= 15 is 0 Å².